The summed E-state index contributed by atoms with van der Waals surface area (Å²) in [6.45, 7) is 1.72. The van der Waals surface area contributed by atoms with Crippen LogP contribution in [-0.4, -0.2) is 18.4 Å². The Morgan fingerprint density at radius 2 is 1.83 bits per heavy atom. The SMILES string of the molecule is C[C@H](NC(=O)CNC(=O)c1ccccc1Cl)c1cccc(Cl)c1. The number of hydrogen-bond acceptors (Lipinski definition) is 2. The van der Waals surface area contributed by atoms with E-state index in [0.29, 0.717) is 15.6 Å². The van der Waals surface area contributed by atoms with E-state index in [1.54, 1.807) is 36.4 Å². The molecular formula is C17H16Cl2N2O2. The monoisotopic (exact) mass is 350 g/mol. The second-order valence-corrected chi connectivity index (χ2v) is 5.85. The van der Waals surface area contributed by atoms with Crippen LogP contribution in [-0.2, 0) is 4.79 Å². The van der Waals surface area contributed by atoms with E-state index >= 15 is 0 Å². The van der Waals surface area contributed by atoms with Gasteiger partial charge >= 0.3 is 0 Å². The molecule has 2 aromatic rings. The third-order valence-electron chi connectivity index (χ3n) is 3.25. The van der Waals surface area contributed by atoms with Gasteiger partial charge in [-0.1, -0.05) is 47.5 Å². The predicted octanol–water partition coefficient (Wildman–Crippen LogP) is 3.60. The zero-order valence-electron chi connectivity index (χ0n) is 12.5. The first kappa shape index (κ1) is 17.3. The molecule has 120 valence electrons. The van der Waals surface area contributed by atoms with Gasteiger partial charge in [-0.2, -0.15) is 0 Å². The van der Waals surface area contributed by atoms with E-state index in [0.717, 1.165) is 5.56 Å². The average Bonchev–Trinajstić information content (AvgIpc) is 2.53. The maximum atomic E-state index is 12.0. The van der Waals surface area contributed by atoms with Crippen molar-refractivity contribution < 1.29 is 9.59 Å². The molecule has 0 saturated heterocycles. The number of benzene rings is 2. The molecule has 0 aromatic heterocycles. The molecule has 0 fully saturated rings. The van der Waals surface area contributed by atoms with Gasteiger partial charge in [0, 0.05) is 5.02 Å². The Labute approximate surface area is 144 Å². The summed E-state index contributed by atoms with van der Waals surface area (Å²) in [7, 11) is 0. The van der Waals surface area contributed by atoms with E-state index in [1.165, 1.54) is 0 Å². The molecule has 0 aliphatic rings. The number of hydrogen-bond donors (Lipinski definition) is 2. The molecule has 0 saturated carbocycles. The largest absolute Gasteiger partial charge is 0.348 e. The van der Waals surface area contributed by atoms with Crippen LogP contribution >= 0.6 is 23.2 Å². The minimum Gasteiger partial charge on any atom is -0.348 e. The van der Waals surface area contributed by atoms with E-state index in [4.69, 9.17) is 23.2 Å². The van der Waals surface area contributed by atoms with Crippen molar-refractivity contribution in [3.63, 3.8) is 0 Å². The topological polar surface area (TPSA) is 58.2 Å². The highest BCUT2D eigenvalue weighted by Crippen LogP contribution is 2.17. The molecule has 23 heavy (non-hydrogen) atoms. The molecule has 1 atom stereocenters. The third kappa shape index (κ3) is 4.98. The van der Waals surface area contributed by atoms with Crippen molar-refractivity contribution in [1.82, 2.24) is 10.6 Å². The van der Waals surface area contributed by atoms with Crippen LogP contribution in [0.1, 0.15) is 28.9 Å². The van der Waals surface area contributed by atoms with E-state index in [-0.39, 0.29) is 24.4 Å². The van der Waals surface area contributed by atoms with Gasteiger partial charge in [-0.3, -0.25) is 9.59 Å². The molecule has 0 spiro atoms. The number of rotatable bonds is 5. The van der Waals surface area contributed by atoms with Crippen molar-refractivity contribution in [1.29, 1.82) is 0 Å². The first-order valence-electron chi connectivity index (χ1n) is 7.05. The van der Waals surface area contributed by atoms with Gasteiger partial charge in [0.15, 0.2) is 0 Å². The minimum atomic E-state index is -0.388. The van der Waals surface area contributed by atoms with E-state index < -0.39 is 0 Å². The maximum Gasteiger partial charge on any atom is 0.253 e. The lowest BCUT2D eigenvalue weighted by Crippen LogP contribution is -2.38. The summed E-state index contributed by atoms with van der Waals surface area (Å²) < 4.78 is 0. The quantitative estimate of drug-likeness (QED) is 0.865. The van der Waals surface area contributed by atoms with Gasteiger partial charge in [-0.05, 0) is 36.8 Å². The highest BCUT2D eigenvalue weighted by molar-refractivity contribution is 6.33. The third-order valence-corrected chi connectivity index (χ3v) is 3.82. The molecule has 0 aliphatic heterocycles. The molecule has 6 heteroatoms. The Kier molecular flexibility index (Phi) is 6.02. The summed E-state index contributed by atoms with van der Waals surface area (Å²) in [6.07, 6.45) is 0. The highest BCUT2D eigenvalue weighted by Gasteiger charge is 2.13. The lowest BCUT2D eigenvalue weighted by atomic mass is 10.1. The van der Waals surface area contributed by atoms with E-state index in [9.17, 15) is 9.59 Å². The standard InChI is InChI=1S/C17H16Cl2N2O2/c1-11(12-5-4-6-13(18)9-12)21-16(22)10-20-17(23)14-7-2-3-8-15(14)19/h2-9,11H,10H2,1H3,(H,20,23)(H,21,22)/t11-/m0/s1. The van der Waals surface area contributed by atoms with Crippen LogP contribution in [0.4, 0.5) is 0 Å². The summed E-state index contributed by atoms with van der Waals surface area (Å²) in [4.78, 5) is 23.9. The Morgan fingerprint density at radius 3 is 2.52 bits per heavy atom. The van der Waals surface area contributed by atoms with Gasteiger partial charge in [0.05, 0.1) is 23.2 Å². The summed E-state index contributed by atoms with van der Waals surface area (Å²) in [6, 6.07) is 13.7. The molecule has 0 bridgehead atoms. The highest BCUT2D eigenvalue weighted by atomic mass is 35.5. The number of amides is 2. The zero-order chi connectivity index (χ0) is 16.8. The number of nitrogens with one attached hydrogen (secondary N) is 2. The molecule has 2 amide bonds. The lowest BCUT2D eigenvalue weighted by Gasteiger charge is -2.15. The Balaban J connectivity index is 1.88. The molecule has 0 radical (unpaired) electrons. The summed E-state index contributed by atoms with van der Waals surface area (Å²) in [5, 5.41) is 6.30. The second kappa shape index (κ2) is 7.99. The van der Waals surface area contributed by atoms with Gasteiger partial charge in [0.1, 0.15) is 0 Å². The Hall–Kier alpha value is -2.04. The van der Waals surface area contributed by atoms with Crippen LogP contribution in [0.15, 0.2) is 48.5 Å². The predicted molar refractivity (Wildman–Crippen MR) is 91.8 cm³/mol. The van der Waals surface area contributed by atoms with Gasteiger partial charge in [0.2, 0.25) is 5.91 Å². The molecule has 0 unspecified atom stereocenters. The molecular weight excluding hydrogens is 335 g/mol. The van der Waals surface area contributed by atoms with Crippen molar-refractivity contribution in [3.05, 3.63) is 69.7 Å². The van der Waals surface area contributed by atoms with Crippen LogP contribution < -0.4 is 10.6 Å². The molecule has 2 N–H and O–H groups in total. The van der Waals surface area contributed by atoms with Gasteiger partial charge in [-0.15, -0.1) is 0 Å². The molecule has 2 rings (SSSR count). The normalized spacial score (nSPS) is 11.6. The first-order chi connectivity index (χ1) is 11.0. The first-order valence-corrected chi connectivity index (χ1v) is 7.80. The minimum absolute atomic E-state index is 0.130. The van der Waals surface area contributed by atoms with Crippen LogP contribution in [0.25, 0.3) is 0 Å². The van der Waals surface area contributed by atoms with E-state index in [2.05, 4.69) is 10.6 Å². The van der Waals surface area contributed by atoms with Crippen molar-refractivity contribution in [2.24, 2.45) is 0 Å². The van der Waals surface area contributed by atoms with Crippen LogP contribution in [0.5, 0.6) is 0 Å². The summed E-state index contributed by atoms with van der Waals surface area (Å²) in [5.74, 6) is -0.681. The van der Waals surface area contributed by atoms with Crippen LogP contribution in [0, 0.1) is 0 Å². The maximum absolute atomic E-state index is 12.0. The van der Waals surface area contributed by atoms with Crippen molar-refractivity contribution in [2.75, 3.05) is 6.54 Å². The molecule has 0 heterocycles. The number of carbonyl (C=O) groups excluding carboxylic acids is 2. The fourth-order valence-corrected chi connectivity index (χ4v) is 2.47. The molecule has 2 aromatic carbocycles. The van der Waals surface area contributed by atoms with Gasteiger partial charge < -0.3 is 10.6 Å². The Morgan fingerprint density at radius 1 is 1.09 bits per heavy atom. The fraction of sp³-hybridized carbons (Fsp3) is 0.176. The van der Waals surface area contributed by atoms with E-state index in [1.807, 2.05) is 19.1 Å². The lowest BCUT2D eigenvalue weighted by molar-refractivity contribution is -0.120. The van der Waals surface area contributed by atoms with Crippen LogP contribution in [0.3, 0.4) is 0 Å². The molecule has 0 aliphatic carbocycles. The zero-order valence-corrected chi connectivity index (χ0v) is 14.0. The van der Waals surface area contributed by atoms with Gasteiger partial charge in [0.25, 0.3) is 5.91 Å². The number of halogens is 2. The summed E-state index contributed by atoms with van der Waals surface area (Å²) in [5.41, 5.74) is 1.23. The number of carbonyl (C=O) groups is 2. The van der Waals surface area contributed by atoms with Crippen molar-refractivity contribution >= 4 is 35.0 Å². The van der Waals surface area contributed by atoms with Crippen LogP contribution in [0.2, 0.25) is 10.0 Å². The van der Waals surface area contributed by atoms with Crippen molar-refractivity contribution in [2.45, 2.75) is 13.0 Å². The molecule has 4 nitrogen and oxygen atoms in total. The second-order valence-electron chi connectivity index (χ2n) is 5.01. The smallest absolute Gasteiger partial charge is 0.253 e. The van der Waals surface area contributed by atoms with Gasteiger partial charge in [-0.25, -0.2) is 0 Å². The Bertz CT molecular complexity index is 719. The average molecular weight is 351 g/mol. The van der Waals surface area contributed by atoms with Crippen molar-refractivity contribution in [3.8, 4) is 0 Å². The fourth-order valence-electron chi connectivity index (χ4n) is 2.05. The summed E-state index contributed by atoms with van der Waals surface area (Å²) >= 11 is 11.9.